The van der Waals surface area contributed by atoms with Gasteiger partial charge in [0.05, 0.1) is 20.5 Å². The molecule has 0 heterocycles. The molecule has 0 aromatic heterocycles. The summed E-state index contributed by atoms with van der Waals surface area (Å²) in [5.41, 5.74) is 3.38. The first-order chi connectivity index (χ1) is 10.5. The van der Waals surface area contributed by atoms with E-state index in [1.165, 1.54) is 10.5 Å². The summed E-state index contributed by atoms with van der Waals surface area (Å²) in [6.45, 7) is 1.56. The van der Waals surface area contributed by atoms with Crippen molar-refractivity contribution < 1.29 is 9.69 Å². The van der Waals surface area contributed by atoms with Gasteiger partial charge >= 0.3 is 0 Å². The topological polar surface area (TPSA) is 33.5 Å². The van der Waals surface area contributed by atoms with Gasteiger partial charge in [0.2, 0.25) is 5.91 Å². The molecule has 0 saturated heterocycles. The summed E-state index contributed by atoms with van der Waals surface area (Å²) in [4.78, 5) is 13.3. The Balaban J connectivity index is 1.81. The second-order valence-electron chi connectivity index (χ2n) is 5.78. The fraction of sp³-hybridized carbons (Fsp3) is 0.278. The molecule has 0 aliphatic rings. The number of hydrogen-bond donors (Lipinski definition) is 2. The van der Waals surface area contributed by atoms with Crippen molar-refractivity contribution in [2.24, 2.45) is 0 Å². The fourth-order valence-corrected chi connectivity index (χ4v) is 2.36. The standard InChI is InChI=1S/C18H21ClN2O/c1-21(2)13-16-5-3-15(4-6-16)12-20-18(22)11-14-7-9-17(19)10-8-14/h3-10H,11-13H2,1-2H3,(H,20,22)/p+1. The van der Waals surface area contributed by atoms with E-state index in [-0.39, 0.29) is 5.91 Å². The average molecular weight is 318 g/mol. The second-order valence-corrected chi connectivity index (χ2v) is 6.22. The third-order valence-electron chi connectivity index (χ3n) is 3.35. The predicted octanol–water partition coefficient (Wildman–Crippen LogP) is 1.84. The smallest absolute Gasteiger partial charge is 0.224 e. The Morgan fingerprint density at radius 2 is 1.50 bits per heavy atom. The Bertz CT molecular complexity index is 606. The van der Waals surface area contributed by atoms with E-state index in [0.717, 1.165) is 17.7 Å². The van der Waals surface area contributed by atoms with Crippen LogP contribution in [-0.4, -0.2) is 20.0 Å². The molecule has 2 aromatic rings. The molecule has 0 atom stereocenters. The van der Waals surface area contributed by atoms with Crippen molar-refractivity contribution in [3.05, 3.63) is 70.2 Å². The Hall–Kier alpha value is -1.84. The molecule has 0 spiro atoms. The molecular weight excluding hydrogens is 296 g/mol. The van der Waals surface area contributed by atoms with Crippen molar-refractivity contribution in [1.29, 1.82) is 0 Å². The lowest BCUT2D eigenvalue weighted by atomic mass is 10.1. The number of carbonyl (C=O) groups is 1. The van der Waals surface area contributed by atoms with E-state index < -0.39 is 0 Å². The van der Waals surface area contributed by atoms with Crippen LogP contribution in [0.4, 0.5) is 0 Å². The molecule has 4 heteroatoms. The predicted molar refractivity (Wildman–Crippen MR) is 90.0 cm³/mol. The van der Waals surface area contributed by atoms with Crippen LogP contribution in [0.1, 0.15) is 16.7 Å². The highest BCUT2D eigenvalue weighted by Gasteiger charge is 2.04. The monoisotopic (exact) mass is 317 g/mol. The lowest BCUT2D eigenvalue weighted by Gasteiger charge is -2.09. The fourth-order valence-electron chi connectivity index (χ4n) is 2.23. The lowest BCUT2D eigenvalue weighted by Crippen LogP contribution is -3.04. The van der Waals surface area contributed by atoms with Crippen molar-refractivity contribution in [2.75, 3.05) is 14.1 Å². The summed E-state index contributed by atoms with van der Waals surface area (Å²) in [5, 5.41) is 3.63. The van der Waals surface area contributed by atoms with E-state index in [9.17, 15) is 4.79 Å². The van der Waals surface area contributed by atoms with Crippen LogP contribution in [-0.2, 0) is 24.3 Å². The van der Waals surface area contributed by atoms with Gasteiger partial charge in [0.15, 0.2) is 0 Å². The highest BCUT2D eigenvalue weighted by Crippen LogP contribution is 2.10. The van der Waals surface area contributed by atoms with Crippen LogP contribution in [0.5, 0.6) is 0 Å². The van der Waals surface area contributed by atoms with Crippen LogP contribution in [0.15, 0.2) is 48.5 Å². The number of carbonyl (C=O) groups excluding carboxylic acids is 1. The summed E-state index contributed by atoms with van der Waals surface area (Å²) in [6, 6.07) is 15.7. The minimum atomic E-state index is 0.0177. The molecule has 0 fully saturated rings. The molecule has 2 rings (SSSR count). The van der Waals surface area contributed by atoms with Crippen LogP contribution in [0, 0.1) is 0 Å². The molecule has 0 aliphatic carbocycles. The number of nitrogens with one attached hydrogen (secondary N) is 2. The minimum absolute atomic E-state index is 0.0177. The van der Waals surface area contributed by atoms with Gasteiger partial charge in [-0.15, -0.1) is 0 Å². The first-order valence-electron chi connectivity index (χ1n) is 7.41. The summed E-state index contributed by atoms with van der Waals surface area (Å²) in [7, 11) is 4.26. The summed E-state index contributed by atoms with van der Waals surface area (Å²) in [5.74, 6) is 0.0177. The van der Waals surface area contributed by atoms with Crippen molar-refractivity contribution in [2.45, 2.75) is 19.5 Å². The molecule has 1 amide bonds. The summed E-state index contributed by atoms with van der Waals surface area (Å²) < 4.78 is 0. The van der Waals surface area contributed by atoms with Gasteiger partial charge in [0.25, 0.3) is 0 Å². The maximum Gasteiger partial charge on any atom is 0.224 e. The molecule has 2 N–H and O–H groups in total. The van der Waals surface area contributed by atoms with Gasteiger partial charge in [0.1, 0.15) is 6.54 Å². The van der Waals surface area contributed by atoms with E-state index in [1.54, 1.807) is 12.1 Å². The average Bonchev–Trinajstić information content (AvgIpc) is 2.48. The number of halogens is 1. The number of amides is 1. The van der Waals surface area contributed by atoms with Gasteiger partial charge < -0.3 is 10.2 Å². The zero-order valence-electron chi connectivity index (χ0n) is 13.0. The Morgan fingerprint density at radius 3 is 2.09 bits per heavy atom. The van der Waals surface area contributed by atoms with E-state index in [2.05, 4.69) is 43.7 Å². The Kier molecular flexibility index (Phi) is 5.99. The van der Waals surface area contributed by atoms with Crippen LogP contribution in [0.3, 0.4) is 0 Å². The first kappa shape index (κ1) is 16.5. The van der Waals surface area contributed by atoms with E-state index in [0.29, 0.717) is 18.0 Å². The maximum atomic E-state index is 11.9. The second kappa shape index (κ2) is 7.97. The highest BCUT2D eigenvalue weighted by molar-refractivity contribution is 6.30. The van der Waals surface area contributed by atoms with E-state index in [4.69, 9.17) is 11.6 Å². The molecule has 2 aromatic carbocycles. The molecule has 0 radical (unpaired) electrons. The van der Waals surface area contributed by atoms with Crippen LogP contribution in [0.25, 0.3) is 0 Å². The summed E-state index contributed by atoms with van der Waals surface area (Å²) >= 11 is 5.83. The number of hydrogen-bond acceptors (Lipinski definition) is 1. The highest BCUT2D eigenvalue weighted by atomic mass is 35.5. The normalized spacial score (nSPS) is 10.7. The Labute approximate surface area is 136 Å². The van der Waals surface area contributed by atoms with Gasteiger partial charge in [-0.3, -0.25) is 4.79 Å². The van der Waals surface area contributed by atoms with Crippen LogP contribution < -0.4 is 10.2 Å². The Morgan fingerprint density at radius 1 is 0.955 bits per heavy atom. The molecule has 0 unspecified atom stereocenters. The van der Waals surface area contributed by atoms with Gasteiger partial charge in [-0.2, -0.15) is 0 Å². The van der Waals surface area contributed by atoms with E-state index in [1.807, 2.05) is 12.1 Å². The zero-order chi connectivity index (χ0) is 15.9. The van der Waals surface area contributed by atoms with Gasteiger partial charge in [0, 0.05) is 17.1 Å². The van der Waals surface area contributed by atoms with Crippen molar-refractivity contribution in [1.82, 2.24) is 5.32 Å². The number of benzene rings is 2. The number of rotatable bonds is 6. The van der Waals surface area contributed by atoms with Crippen molar-refractivity contribution >= 4 is 17.5 Å². The van der Waals surface area contributed by atoms with Crippen LogP contribution in [0.2, 0.25) is 5.02 Å². The molecular formula is C18H22ClN2O+. The SMILES string of the molecule is C[NH+](C)Cc1ccc(CNC(=O)Cc2ccc(Cl)cc2)cc1. The van der Waals surface area contributed by atoms with Gasteiger partial charge in [-0.25, -0.2) is 0 Å². The van der Waals surface area contributed by atoms with Crippen molar-refractivity contribution in [3.63, 3.8) is 0 Å². The largest absolute Gasteiger partial charge is 0.352 e. The first-order valence-corrected chi connectivity index (χ1v) is 7.79. The maximum absolute atomic E-state index is 11.9. The van der Waals surface area contributed by atoms with Crippen molar-refractivity contribution in [3.8, 4) is 0 Å². The van der Waals surface area contributed by atoms with E-state index >= 15 is 0 Å². The number of quaternary nitrogens is 1. The third-order valence-corrected chi connectivity index (χ3v) is 3.60. The minimum Gasteiger partial charge on any atom is -0.352 e. The quantitative estimate of drug-likeness (QED) is 0.837. The third kappa shape index (κ3) is 5.51. The molecule has 22 heavy (non-hydrogen) atoms. The molecule has 116 valence electrons. The molecule has 3 nitrogen and oxygen atoms in total. The van der Waals surface area contributed by atoms with Gasteiger partial charge in [-0.05, 0) is 23.3 Å². The van der Waals surface area contributed by atoms with Crippen LogP contribution >= 0.6 is 11.6 Å². The van der Waals surface area contributed by atoms with Gasteiger partial charge in [-0.1, -0.05) is 48.0 Å². The molecule has 0 aliphatic heterocycles. The zero-order valence-corrected chi connectivity index (χ0v) is 13.8. The summed E-state index contributed by atoms with van der Waals surface area (Å²) in [6.07, 6.45) is 0.374. The molecule has 0 saturated carbocycles. The molecule has 0 bridgehead atoms. The lowest BCUT2D eigenvalue weighted by molar-refractivity contribution is -0.872.